The molecule has 0 saturated heterocycles. The highest BCUT2D eigenvalue weighted by molar-refractivity contribution is 6.35. The summed E-state index contributed by atoms with van der Waals surface area (Å²) in [5, 5.41) is 15.7. The lowest BCUT2D eigenvalue weighted by Crippen LogP contribution is -2.32. The minimum atomic E-state index is -1.17. The molecule has 2 atom stereocenters. The van der Waals surface area contributed by atoms with Gasteiger partial charge in [-0.05, 0) is 26.0 Å². The first-order valence-electron chi connectivity index (χ1n) is 5.45. The predicted octanol–water partition coefficient (Wildman–Crippen LogP) is 3.05. The van der Waals surface area contributed by atoms with Crippen LogP contribution in [0.25, 0.3) is 0 Å². The van der Waals surface area contributed by atoms with Gasteiger partial charge in [-0.2, -0.15) is 5.10 Å². The lowest BCUT2D eigenvalue weighted by atomic mass is 9.89. The van der Waals surface area contributed by atoms with Crippen LogP contribution in [-0.2, 0) is 5.60 Å². The van der Waals surface area contributed by atoms with E-state index in [0.717, 1.165) is 0 Å². The maximum Gasteiger partial charge on any atom is 0.137 e. The van der Waals surface area contributed by atoms with Gasteiger partial charge >= 0.3 is 0 Å². The van der Waals surface area contributed by atoms with E-state index in [1.807, 2.05) is 6.92 Å². The van der Waals surface area contributed by atoms with Gasteiger partial charge in [0.05, 0.1) is 6.04 Å². The second kappa shape index (κ2) is 4.88. The molecule has 2 rings (SSSR count). The third-order valence-corrected chi connectivity index (χ3v) is 3.67. The third-order valence-electron chi connectivity index (χ3n) is 3.12. The Labute approximate surface area is 115 Å². The first-order valence-corrected chi connectivity index (χ1v) is 6.20. The molecule has 2 aromatic rings. The molecule has 0 aliphatic rings. The van der Waals surface area contributed by atoms with Gasteiger partial charge in [0.1, 0.15) is 18.3 Å². The summed E-state index contributed by atoms with van der Waals surface area (Å²) in [5.41, 5.74) is -0.563. The van der Waals surface area contributed by atoms with Crippen molar-refractivity contribution < 1.29 is 5.11 Å². The summed E-state index contributed by atoms with van der Waals surface area (Å²) < 4.78 is 1.59. The Morgan fingerprint density at radius 3 is 2.67 bits per heavy atom. The zero-order valence-corrected chi connectivity index (χ0v) is 11.5. The SMILES string of the molecule is CC(n1cncn1)C(C)(O)c1ccc(Cl)cc1Cl. The molecule has 0 fully saturated rings. The van der Waals surface area contributed by atoms with Gasteiger partial charge in [0.2, 0.25) is 0 Å². The maximum atomic E-state index is 10.7. The second-order valence-corrected chi connectivity index (χ2v) is 5.17. The highest BCUT2D eigenvalue weighted by atomic mass is 35.5. The molecule has 0 aliphatic heterocycles. The molecule has 96 valence electrons. The molecule has 0 amide bonds. The van der Waals surface area contributed by atoms with Crippen LogP contribution in [0, 0.1) is 0 Å². The van der Waals surface area contributed by atoms with Gasteiger partial charge in [-0.25, -0.2) is 9.67 Å². The number of aromatic nitrogens is 3. The van der Waals surface area contributed by atoms with Crippen molar-refractivity contribution in [3.63, 3.8) is 0 Å². The largest absolute Gasteiger partial charge is 0.383 e. The van der Waals surface area contributed by atoms with Gasteiger partial charge in [-0.3, -0.25) is 0 Å². The first kappa shape index (κ1) is 13.3. The lowest BCUT2D eigenvalue weighted by Gasteiger charge is -2.31. The quantitative estimate of drug-likeness (QED) is 0.943. The normalized spacial score (nSPS) is 16.3. The smallest absolute Gasteiger partial charge is 0.137 e. The molecule has 1 N–H and O–H groups in total. The van der Waals surface area contributed by atoms with Gasteiger partial charge in [0, 0.05) is 15.6 Å². The number of nitrogens with zero attached hydrogens (tertiary/aromatic N) is 3. The average molecular weight is 286 g/mol. The fraction of sp³-hybridized carbons (Fsp3) is 0.333. The fourth-order valence-electron chi connectivity index (χ4n) is 1.80. The van der Waals surface area contributed by atoms with Crippen molar-refractivity contribution in [1.82, 2.24) is 14.8 Å². The van der Waals surface area contributed by atoms with E-state index in [-0.39, 0.29) is 6.04 Å². The van der Waals surface area contributed by atoms with Crippen molar-refractivity contribution in [3.8, 4) is 0 Å². The maximum absolute atomic E-state index is 10.7. The Bertz CT molecular complexity index is 540. The Hall–Kier alpha value is -1.10. The van der Waals surface area contributed by atoms with Crippen LogP contribution >= 0.6 is 23.2 Å². The Kier molecular flexibility index (Phi) is 3.61. The summed E-state index contributed by atoms with van der Waals surface area (Å²) >= 11 is 12.0. The summed E-state index contributed by atoms with van der Waals surface area (Å²) in [6.45, 7) is 3.54. The van der Waals surface area contributed by atoms with Crippen LogP contribution in [0.3, 0.4) is 0 Å². The third kappa shape index (κ3) is 2.36. The molecule has 1 aromatic heterocycles. The van der Waals surface area contributed by atoms with Crippen LogP contribution in [-0.4, -0.2) is 19.9 Å². The molecule has 6 heteroatoms. The molecule has 1 heterocycles. The first-order chi connectivity index (χ1) is 8.43. The minimum absolute atomic E-state index is 0.307. The van der Waals surface area contributed by atoms with Gasteiger partial charge in [-0.15, -0.1) is 0 Å². The number of rotatable bonds is 3. The van der Waals surface area contributed by atoms with Crippen LogP contribution < -0.4 is 0 Å². The standard InChI is InChI=1S/C12H13Cl2N3O/c1-8(17-7-15-6-16-17)12(2,18)10-4-3-9(13)5-11(10)14/h3-8,18H,1-2H3. The second-order valence-electron chi connectivity index (χ2n) is 4.32. The monoisotopic (exact) mass is 285 g/mol. The minimum Gasteiger partial charge on any atom is -0.383 e. The molecule has 4 nitrogen and oxygen atoms in total. The van der Waals surface area contributed by atoms with E-state index in [4.69, 9.17) is 23.2 Å². The van der Waals surface area contributed by atoms with Crippen molar-refractivity contribution >= 4 is 23.2 Å². The Morgan fingerprint density at radius 1 is 1.39 bits per heavy atom. The fourth-order valence-corrected chi connectivity index (χ4v) is 2.40. The van der Waals surface area contributed by atoms with Gasteiger partial charge in [0.15, 0.2) is 0 Å². The summed E-state index contributed by atoms with van der Waals surface area (Å²) in [5.74, 6) is 0. The van der Waals surface area contributed by atoms with Crippen LogP contribution in [0.4, 0.5) is 0 Å². The van der Waals surface area contributed by atoms with E-state index < -0.39 is 5.60 Å². The van der Waals surface area contributed by atoms with E-state index in [0.29, 0.717) is 15.6 Å². The summed E-state index contributed by atoms with van der Waals surface area (Å²) in [6.07, 6.45) is 2.99. The molecule has 0 bridgehead atoms. The van der Waals surface area contributed by atoms with Crippen LogP contribution in [0.15, 0.2) is 30.9 Å². The van der Waals surface area contributed by atoms with E-state index in [1.165, 1.54) is 6.33 Å². The zero-order chi connectivity index (χ0) is 13.3. The zero-order valence-electron chi connectivity index (χ0n) is 10.0. The topological polar surface area (TPSA) is 50.9 Å². The lowest BCUT2D eigenvalue weighted by molar-refractivity contribution is 0.00289. The molecular formula is C12H13Cl2N3O. The number of hydrogen-bond donors (Lipinski definition) is 1. The molecular weight excluding hydrogens is 273 g/mol. The number of hydrogen-bond acceptors (Lipinski definition) is 3. The van der Waals surface area contributed by atoms with Crippen molar-refractivity contribution in [2.75, 3.05) is 0 Å². The summed E-state index contributed by atoms with van der Waals surface area (Å²) in [6, 6.07) is 4.73. The molecule has 0 aliphatic carbocycles. The van der Waals surface area contributed by atoms with E-state index in [9.17, 15) is 5.11 Å². The molecule has 18 heavy (non-hydrogen) atoms. The van der Waals surface area contributed by atoms with Gasteiger partial charge < -0.3 is 5.11 Å². The van der Waals surface area contributed by atoms with E-state index in [2.05, 4.69) is 10.1 Å². The number of halogens is 2. The van der Waals surface area contributed by atoms with Crippen molar-refractivity contribution in [1.29, 1.82) is 0 Å². The van der Waals surface area contributed by atoms with E-state index >= 15 is 0 Å². The predicted molar refractivity (Wildman–Crippen MR) is 70.8 cm³/mol. The highest BCUT2D eigenvalue weighted by Gasteiger charge is 2.34. The van der Waals surface area contributed by atoms with Crippen molar-refractivity contribution in [2.24, 2.45) is 0 Å². The molecule has 0 saturated carbocycles. The van der Waals surface area contributed by atoms with Crippen molar-refractivity contribution in [2.45, 2.75) is 25.5 Å². The molecule has 0 radical (unpaired) electrons. The Morgan fingerprint density at radius 2 is 2.11 bits per heavy atom. The highest BCUT2D eigenvalue weighted by Crippen LogP contribution is 2.37. The van der Waals surface area contributed by atoms with Crippen molar-refractivity contribution in [3.05, 3.63) is 46.5 Å². The summed E-state index contributed by atoms with van der Waals surface area (Å²) in [4.78, 5) is 3.87. The average Bonchev–Trinajstić information content (AvgIpc) is 2.80. The number of benzene rings is 1. The van der Waals surface area contributed by atoms with Gasteiger partial charge in [0.25, 0.3) is 0 Å². The van der Waals surface area contributed by atoms with Crippen LogP contribution in [0.2, 0.25) is 10.0 Å². The van der Waals surface area contributed by atoms with Crippen LogP contribution in [0.5, 0.6) is 0 Å². The van der Waals surface area contributed by atoms with Crippen LogP contribution in [0.1, 0.15) is 25.5 Å². The molecule has 2 unspecified atom stereocenters. The number of aliphatic hydroxyl groups is 1. The molecule has 1 aromatic carbocycles. The Balaban J connectivity index is 2.41. The van der Waals surface area contributed by atoms with Gasteiger partial charge in [-0.1, -0.05) is 29.3 Å². The van der Waals surface area contributed by atoms with E-state index in [1.54, 1.807) is 36.1 Å². The molecule has 0 spiro atoms. The summed E-state index contributed by atoms with van der Waals surface area (Å²) in [7, 11) is 0.